The summed E-state index contributed by atoms with van der Waals surface area (Å²) in [5.74, 6) is 0.634. The van der Waals surface area contributed by atoms with Crippen LogP contribution in [0, 0.1) is 0 Å². The number of fused-ring (bicyclic) bond motifs is 1. The SMILES string of the molecule is CCCCCNC(=O)CN(c1ccc2c(c1)OCO2)S(=O)(=O)CC. The molecule has 24 heavy (non-hydrogen) atoms. The molecule has 0 fully saturated rings. The van der Waals surface area contributed by atoms with Gasteiger partial charge in [0.1, 0.15) is 6.54 Å². The minimum absolute atomic E-state index is 0.0927. The molecule has 1 aromatic rings. The van der Waals surface area contributed by atoms with Crippen molar-refractivity contribution in [2.75, 3.05) is 29.9 Å². The zero-order valence-corrected chi connectivity index (χ0v) is 14.9. The molecule has 1 aromatic carbocycles. The van der Waals surface area contributed by atoms with Crippen molar-refractivity contribution in [2.24, 2.45) is 0 Å². The number of nitrogens with one attached hydrogen (secondary N) is 1. The molecule has 0 radical (unpaired) electrons. The highest BCUT2D eigenvalue weighted by Crippen LogP contribution is 2.36. The van der Waals surface area contributed by atoms with E-state index in [4.69, 9.17) is 9.47 Å². The molecule has 0 spiro atoms. The third-order valence-corrected chi connectivity index (χ3v) is 5.48. The highest BCUT2D eigenvalue weighted by molar-refractivity contribution is 7.92. The van der Waals surface area contributed by atoms with E-state index < -0.39 is 10.0 Å². The Bertz CT molecular complexity index is 675. The van der Waals surface area contributed by atoms with Crippen molar-refractivity contribution in [1.29, 1.82) is 0 Å². The Labute approximate surface area is 143 Å². The first kappa shape index (κ1) is 18.4. The van der Waals surface area contributed by atoms with Gasteiger partial charge in [0.05, 0.1) is 11.4 Å². The smallest absolute Gasteiger partial charge is 0.240 e. The third-order valence-electron chi connectivity index (χ3n) is 3.73. The number of benzene rings is 1. The normalized spacial score (nSPS) is 12.9. The van der Waals surface area contributed by atoms with Gasteiger partial charge in [0.2, 0.25) is 22.7 Å². The van der Waals surface area contributed by atoms with E-state index in [2.05, 4.69) is 12.2 Å². The number of carbonyl (C=O) groups excluding carboxylic acids is 1. The van der Waals surface area contributed by atoms with Gasteiger partial charge < -0.3 is 14.8 Å². The summed E-state index contributed by atoms with van der Waals surface area (Å²) < 4.78 is 36.4. The van der Waals surface area contributed by atoms with Crippen LogP contribution in [0.25, 0.3) is 0 Å². The van der Waals surface area contributed by atoms with E-state index in [1.54, 1.807) is 25.1 Å². The number of amides is 1. The van der Waals surface area contributed by atoms with Gasteiger partial charge in [-0.05, 0) is 25.5 Å². The van der Waals surface area contributed by atoms with Gasteiger partial charge in [0.15, 0.2) is 11.5 Å². The van der Waals surface area contributed by atoms with Gasteiger partial charge in [-0.15, -0.1) is 0 Å². The molecule has 0 aromatic heterocycles. The number of nitrogens with zero attached hydrogens (tertiary/aromatic N) is 1. The van der Waals surface area contributed by atoms with Crippen LogP contribution < -0.4 is 19.1 Å². The first-order valence-electron chi connectivity index (χ1n) is 8.14. The predicted octanol–water partition coefficient (Wildman–Crippen LogP) is 1.88. The molecule has 0 atom stereocenters. The molecule has 2 rings (SSSR count). The summed E-state index contributed by atoms with van der Waals surface area (Å²) in [6.07, 6.45) is 2.97. The van der Waals surface area contributed by atoms with Crippen molar-refractivity contribution in [3.8, 4) is 11.5 Å². The van der Waals surface area contributed by atoms with E-state index >= 15 is 0 Å². The Morgan fingerprint density at radius 1 is 1.21 bits per heavy atom. The third kappa shape index (κ3) is 4.53. The monoisotopic (exact) mass is 356 g/mol. The molecule has 1 heterocycles. The van der Waals surface area contributed by atoms with Crippen LogP contribution in [0.15, 0.2) is 18.2 Å². The quantitative estimate of drug-likeness (QED) is 0.683. The van der Waals surface area contributed by atoms with Crippen LogP contribution >= 0.6 is 0 Å². The molecule has 0 bridgehead atoms. The second kappa shape index (κ2) is 8.23. The second-order valence-electron chi connectivity index (χ2n) is 5.50. The fraction of sp³-hybridized carbons (Fsp3) is 0.562. The largest absolute Gasteiger partial charge is 0.454 e. The van der Waals surface area contributed by atoms with E-state index in [0.717, 1.165) is 23.6 Å². The van der Waals surface area contributed by atoms with Gasteiger partial charge in [0.25, 0.3) is 0 Å². The van der Waals surface area contributed by atoms with Gasteiger partial charge in [-0.1, -0.05) is 19.8 Å². The Kier molecular flexibility index (Phi) is 6.30. The van der Waals surface area contributed by atoms with Crippen molar-refractivity contribution in [1.82, 2.24) is 5.32 Å². The number of anilines is 1. The number of hydrogen-bond donors (Lipinski definition) is 1. The molecule has 0 saturated heterocycles. The van der Waals surface area contributed by atoms with Gasteiger partial charge >= 0.3 is 0 Å². The van der Waals surface area contributed by atoms with Crippen LogP contribution in [0.1, 0.15) is 33.1 Å². The van der Waals surface area contributed by atoms with Gasteiger partial charge in [0, 0.05) is 12.6 Å². The zero-order chi connectivity index (χ0) is 17.6. The zero-order valence-electron chi connectivity index (χ0n) is 14.1. The highest BCUT2D eigenvalue weighted by Gasteiger charge is 2.25. The number of ether oxygens (including phenoxy) is 2. The average molecular weight is 356 g/mol. The molecule has 8 heteroatoms. The molecule has 134 valence electrons. The number of rotatable bonds is 9. The second-order valence-corrected chi connectivity index (χ2v) is 7.68. The highest BCUT2D eigenvalue weighted by atomic mass is 32.2. The molecule has 1 aliphatic rings. The average Bonchev–Trinajstić information content (AvgIpc) is 3.04. The Morgan fingerprint density at radius 3 is 2.67 bits per heavy atom. The van der Waals surface area contributed by atoms with Crippen LogP contribution in [0.3, 0.4) is 0 Å². The van der Waals surface area contributed by atoms with Crippen LogP contribution in [-0.4, -0.2) is 40.0 Å². The van der Waals surface area contributed by atoms with Crippen molar-refractivity contribution < 1.29 is 22.7 Å². The maximum atomic E-state index is 12.4. The van der Waals surface area contributed by atoms with Crippen LogP contribution in [0.4, 0.5) is 5.69 Å². The minimum atomic E-state index is -3.58. The molecule has 1 aliphatic heterocycles. The molecule has 7 nitrogen and oxygen atoms in total. The van der Waals surface area contributed by atoms with Crippen LogP contribution in [0.5, 0.6) is 11.5 Å². The summed E-state index contributed by atoms with van der Waals surface area (Å²) in [6.45, 7) is 4.04. The summed E-state index contributed by atoms with van der Waals surface area (Å²) in [7, 11) is -3.58. The summed E-state index contributed by atoms with van der Waals surface area (Å²) in [4.78, 5) is 12.1. The van der Waals surface area contributed by atoms with Crippen LogP contribution in [0.2, 0.25) is 0 Å². The van der Waals surface area contributed by atoms with E-state index in [9.17, 15) is 13.2 Å². The standard InChI is InChI=1S/C16H24N2O5S/c1-3-5-6-9-17-16(19)11-18(24(20,21)4-2)13-7-8-14-15(10-13)23-12-22-14/h7-8,10H,3-6,9,11-12H2,1-2H3,(H,17,19). The van der Waals surface area contributed by atoms with E-state index in [0.29, 0.717) is 23.7 Å². The molecule has 0 aliphatic carbocycles. The van der Waals surface area contributed by atoms with Crippen molar-refractivity contribution >= 4 is 21.6 Å². The number of sulfonamides is 1. The van der Waals surface area contributed by atoms with Crippen molar-refractivity contribution in [2.45, 2.75) is 33.1 Å². The Balaban J connectivity index is 2.12. The maximum Gasteiger partial charge on any atom is 0.240 e. The maximum absolute atomic E-state index is 12.4. The molecular formula is C16H24N2O5S. The fourth-order valence-corrected chi connectivity index (χ4v) is 3.40. The first-order chi connectivity index (χ1) is 11.5. The van der Waals surface area contributed by atoms with Gasteiger partial charge in [-0.25, -0.2) is 8.42 Å². The van der Waals surface area contributed by atoms with E-state index in [-0.39, 0.29) is 25.0 Å². The molecule has 0 unspecified atom stereocenters. The lowest BCUT2D eigenvalue weighted by Crippen LogP contribution is -2.41. The predicted molar refractivity (Wildman–Crippen MR) is 91.9 cm³/mol. The van der Waals surface area contributed by atoms with E-state index in [1.165, 1.54) is 0 Å². The minimum Gasteiger partial charge on any atom is -0.454 e. The van der Waals surface area contributed by atoms with Crippen LogP contribution in [-0.2, 0) is 14.8 Å². The first-order valence-corrected chi connectivity index (χ1v) is 9.75. The lowest BCUT2D eigenvalue weighted by Gasteiger charge is -2.23. The molecular weight excluding hydrogens is 332 g/mol. The van der Waals surface area contributed by atoms with Crippen molar-refractivity contribution in [3.63, 3.8) is 0 Å². The summed E-state index contributed by atoms with van der Waals surface area (Å²) in [5, 5.41) is 2.77. The van der Waals surface area contributed by atoms with Crippen molar-refractivity contribution in [3.05, 3.63) is 18.2 Å². The Hall–Kier alpha value is -1.96. The van der Waals surface area contributed by atoms with Gasteiger partial charge in [-0.2, -0.15) is 0 Å². The number of unbranched alkanes of at least 4 members (excludes halogenated alkanes) is 2. The number of carbonyl (C=O) groups is 1. The number of hydrogen-bond acceptors (Lipinski definition) is 5. The summed E-state index contributed by atoms with van der Waals surface area (Å²) >= 11 is 0. The fourth-order valence-electron chi connectivity index (χ4n) is 2.34. The lowest BCUT2D eigenvalue weighted by atomic mass is 10.2. The summed E-state index contributed by atoms with van der Waals surface area (Å²) in [5.41, 5.74) is 0.393. The Morgan fingerprint density at radius 2 is 1.96 bits per heavy atom. The van der Waals surface area contributed by atoms with Gasteiger partial charge in [-0.3, -0.25) is 9.10 Å². The lowest BCUT2D eigenvalue weighted by molar-refractivity contribution is -0.119. The molecule has 1 N–H and O–H groups in total. The topological polar surface area (TPSA) is 84.9 Å². The summed E-state index contributed by atoms with van der Waals surface area (Å²) in [6, 6.07) is 4.85. The molecule has 0 saturated carbocycles. The molecule has 1 amide bonds. The van der Waals surface area contributed by atoms with E-state index in [1.807, 2.05) is 0 Å².